The van der Waals surface area contributed by atoms with Crippen LogP contribution in [0.5, 0.6) is 0 Å². The van der Waals surface area contributed by atoms with Crippen molar-refractivity contribution in [2.45, 2.75) is 51.5 Å². The van der Waals surface area contributed by atoms with Crippen molar-refractivity contribution in [3.8, 4) is 0 Å². The highest BCUT2D eigenvalue weighted by atomic mass is 32.2. The third-order valence-electron chi connectivity index (χ3n) is 4.55. The molecule has 7 heteroatoms. The Morgan fingerprint density at radius 2 is 1.55 bits per heavy atom. The van der Waals surface area contributed by atoms with E-state index in [-0.39, 0.29) is 10.8 Å². The molecule has 0 fully saturated rings. The van der Waals surface area contributed by atoms with Crippen molar-refractivity contribution in [1.82, 2.24) is 10.1 Å². The fourth-order valence-corrected chi connectivity index (χ4v) is 4.00. The second-order valence-electron chi connectivity index (χ2n) is 7.71. The van der Waals surface area contributed by atoms with E-state index in [4.69, 9.17) is 0 Å². The van der Waals surface area contributed by atoms with Crippen molar-refractivity contribution in [3.05, 3.63) is 65.2 Å². The zero-order valence-electron chi connectivity index (χ0n) is 17.5. The van der Waals surface area contributed by atoms with Crippen LogP contribution in [-0.2, 0) is 14.8 Å². The van der Waals surface area contributed by atoms with Gasteiger partial charge in [-0.25, -0.2) is 13.8 Å². The van der Waals surface area contributed by atoms with Crippen LogP contribution < -0.4 is 10.1 Å². The Morgan fingerprint density at radius 1 is 0.966 bits per heavy atom. The number of sulfonamides is 1. The molecule has 0 aliphatic rings. The van der Waals surface area contributed by atoms with Crippen LogP contribution in [0.4, 0.5) is 0 Å². The van der Waals surface area contributed by atoms with E-state index in [1.807, 2.05) is 31.2 Å². The Morgan fingerprint density at radius 3 is 2.07 bits per heavy atom. The molecule has 2 N–H and O–H groups in total. The summed E-state index contributed by atoms with van der Waals surface area (Å²) in [5, 5.41) is 3.97. The first kappa shape index (κ1) is 22.8. The standard InChI is InChI=1S/C22H29N3O3S/c1-15(2)19-10-8-18(9-11-19)14-23-24-22(26)21(16(3)4)25-29(27,28)20-12-6-17(5)7-13-20/h6-16,21,25H,1-5H3,(H,24,26)/b23-14-/t21-/m1/s1. The summed E-state index contributed by atoms with van der Waals surface area (Å²) in [6.45, 7) is 9.66. The minimum Gasteiger partial charge on any atom is -0.271 e. The zero-order chi connectivity index (χ0) is 21.6. The molecule has 0 heterocycles. The van der Waals surface area contributed by atoms with Gasteiger partial charge in [-0.3, -0.25) is 4.79 Å². The lowest BCUT2D eigenvalue weighted by Crippen LogP contribution is -2.48. The van der Waals surface area contributed by atoms with Crippen LogP contribution >= 0.6 is 0 Å². The van der Waals surface area contributed by atoms with E-state index in [1.165, 1.54) is 23.9 Å². The molecule has 2 aromatic rings. The molecule has 6 nitrogen and oxygen atoms in total. The van der Waals surface area contributed by atoms with Crippen LogP contribution in [0.2, 0.25) is 0 Å². The van der Waals surface area contributed by atoms with Gasteiger partial charge >= 0.3 is 0 Å². The maximum atomic E-state index is 12.6. The number of rotatable bonds is 8. The lowest BCUT2D eigenvalue weighted by atomic mass is 10.0. The van der Waals surface area contributed by atoms with Gasteiger partial charge in [0.05, 0.1) is 11.1 Å². The van der Waals surface area contributed by atoms with Crippen LogP contribution in [0.1, 0.15) is 50.3 Å². The normalized spacial score (nSPS) is 13.2. The van der Waals surface area contributed by atoms with Crippen LogP contribution in [0, 0.1) is 12.8 Å². The van der Waals surface area contributed by atoms with Gasteiger partial charge in [-0.1, -0.05) is 69.7 Å². The summed E-state index contributed by atoms with van der Waals surface area (Å²) in [4.78, 5) is 12.7. The van der Waals surface area contributed by atoms with Crippen LogP contribution in [0.3, 0.4) is 0 Å². The first-order chi connectivity index (χ1) is 13.6. The number of hydrazone groups is 1. The number of nitrogens with zero attached hydrogens (tertiary/aromatic N) is 1. The van der Waals surface area contributed by atoms with E-state index in [0.717, 1.165) is 11.1 Å². The Balaban J connectivity index is 2.06. The number of carbonyl (C=O) groups excluding carboxylic acids is 1. The Labute approximate surface area is 173 Å². The van der Waals surface area contributed by atoms with E-state index in [1.54, 1.807) is 26.0 Å². The first-order valence-electron chi connectivity index (χ1n) is 9.62. The maximum Gasteiger partial charge on any atom is 0.258 e. The van der Waals surface area contributed by atoms with Crippen molar-refractivity contribution in [2.75, 3.05) is 0 Å². The molecule has 0 unspecified atom stereocenters. The van der Waals surface area contributed by atoms with Crippen molar-refractivity contribution < 1.29 is 13.2 Å². The monoisotopic (exact) mass is 415 g/mol. The molecule has 0 radical (unpaired) electrons. The van der Waals surface area contributed by atoms with Crippen molar-refractivity contribution in [3.63, 3.8) is 0 Å². The SMILES string of the molecule is Cc1ccc(S(=O)(=O)N[C@@H](C(=O)N/N=C\c2ccc(C(C)C)cc2)C(C)C)cc1. The summed E-state index contributed by atoms with van der Waals surface area (Å²) in [6, 6.07) is 13.4. The Hall–Kier alpha value is -2.51. The average molecular weight is 416 g/mol. The topological polar surface area (TPSA) is 87.6 Å². The fraction of sp³-hybridized carbons (Fsp3) is 0.364. The fourth-order valence-electron chi connectivity index (χ4n) is 2.65. The van der Waals surface area contributed by atoms with Crippen molar-refractivity contribution in [1.29, 1.82) is 0 Å². The molecule has 0 aliphatic heterocycles. The van der Waals surface area contributed by atoms with Gasteiger partial charge in [0.1, 0.15) is 6.04 Å². The molecule has 2 rings (SSSR count). The smallest absolute Gasteiger partial charge is 0.258 e. The minimum absolute atomic E-state index is 0.121. The van der Waals surface area contributed by atoms with Gasteiger partial charge in [-0.05, 0) is 42.0 Å². The number of benzene rings is 2. The highest BCUT2D eigenvalue weighted by Gasteiger charge is 2.28. The molecule has 0 aliphatic carbocycles. The van der Waals surface area contributed by atoms with E-state index in [0.29, 0.717) is 5.92 Å². The van der Waals surface area contributed by atoms with E-state index < -0.39 is 22.0 Å². The lowest BCUT2D eigenvalue weighted by Gasteiger charge is -2.20. The summed E-state index contributed by atoms with van der Waals surface area (Å²) >= 11 is 0. The van der Waals surface area contributed by atoms with Gasteiger partial charge in [0.2, 0.25) is 10.0 Å². The third-order valence-corrected chi connectivity index (χ3v) is 6.01. The minimum atomic E-state index is -3.82. The quantitative estimate of drug-likeness (QED) is 0.510. The Bertz CT molecular complexity index is 948. The van der Waals surface area contributed by atoms with E-state index in [9.17, 15) is 13.2 Å². The van der Waals surface area contributed by atoms with Gasteiger partial charge in [-0.15, -0.1) is 0 Å². The zero-order valence-corrected chi connectivity index (χ0v) is 18.3. The van der Waals surface area contributed by atoms with Crippen molar-refractivity contribution in [2.24, 2.45) is 11.0 Å². The molecule has 0 saturated carbocycles. The second-order valence-corrected chi connectivity index (χ2v) is 9.43. The van der Waals surface area contributed by atoms with Crippen LogP contribution in [-0.4, -0.2) is 26.6 Å². The number of amides is 1. The summed E-state index contributed by atoms with van der Waals surface area (Å²) in [5.74, 6) is -0.324. The third kappa shape index (κ3) is 6.51. The molecule has 1 atom stereocenters. The summed E-state index contributed by atoms with van der Waals surface area (Å²) in [5.41, 5.74) is 5.46. The lowest BCUT2D eigenvalue weighted by molar-refractivity contribution is -0.123. The van der Waals surface area contributed by atoms with Gasteiger partial charge in [0.15, 0.2) is 0 Å². The van der Waals surface area contributed by atoms with Crippen LogP contribution in [0.15, 0.2) is 58.5 Å². The summed E-state index contributed by atoms with van der Waals surface area (Å²) < 4.78 is 27.7. The Kier molecular flexibility index (Phi) is 7.70. The highest BCUT2D eigenvalue weighted by Crippen LogP contribution is 2.14. The predicted molar refractivity (Wildman–Crippen MR) is 116 cm³/mol. The molecular weight excluding hydrogens is 386 g/mol. The summed E-state index contributed by atoms with van der Waals surface area (Å²) in [7, 11) is -3.82. The van der Waals surface area contributed by atoms with Gasteiger partial charge in [0.25, 0.3) is 5.91 Å². The van der Waals surface area contributed by atoms with E-state index >= 15 is 0 Å². The number of aryl methyl sites for hydroxylation is 1. The molecule has 29 heavy (non-hydrogen) atoms. The van der Waals surface area contributed by atoms with Crippen LogP contribution in [0.25, 0.3) is 0 Å². The number of carbonyl (C=O) groups is 1. The average Bonchev–Trinajstić information content (AvgIpc) is 2.66. The molecule has 0 spiro atoms. The van der Waals surface area contributed by atoms with Gasteiger partial charge < -0.3 is 0 Å². The highest BCUT2D eigenvalue weighted by molar-refractivity contribution is 7.89. The molecular formula is C22H29N3O3S. The second kappa shape index (κ2) is 9.80. The number of hydrogen-bond acceptors (Lipinski definition) is 4. The molecule has 0 bridgehead atoms. The van der Waals surface area contributed by atoms with E-state index in [2.05, 4.69) is 29.1 Å². The predicted octanol–water partition coefficient (Wildman–Crippen LogP) is 3.57. The van der Waals surface area contributed by atoms with Gasteiger partial charge in [-0.2, -0.15) is 9.82 Å². The molecule has 0 aromatic heterocycles. The number of hydrogen-bond donors (Lipinski definition) is 2. The van der Waals surface area contributed by atoms with Gasteiger partial charge in [0, 0.05) is 0 Å². The number of nitrogens with one attached hydrogen (secondary N) is 2. The molecule has 156 valence electrons. The largest absolute Gasteiger partial charge is 0.271 e. The molecule has 0 saturated heterocycles. The first-order valence-corrected chi connectivity index (χ1v) is 11.1. The molecule has 2 aromatic carbocycles. The summed E-state index contributed by atoms with van der Waals surface area (Å²) in [6.07, 6.45) is 1.54. The van der Waals surface area contributed by atoms with Crippen molar-refractivity contribution >= 4 is 22.1 Å². The maximum absolute atomic E-state index is 12.6. The molecule has 1 amide bonds.